The lowest BCUT2D eigenvalue weighted by molar-refractivity contribution is 0.151. The molecule has 3 heterocycles. The van der Waals surface area contributed by atoms with E-state index in [0.717, 1.165) is 45.0 Å². The first-order chi connectivity index (χ1) is 16.3. The molecule has 0 atom stereocenters. The van der Waals surface area contributed by atoms with Crippen LogP contribution in [0.15, 0.2) is 54.7 Å². The molecular weight excluding hydrogens is 420 g/mol. The quantitative estimate of drug-likeness (QED) is 0.576. The van der Waals surface area contributed by atoms with Gasteiger partial charge in [0.1, 0.15) is 19.0 Å². The van der Waals surface area contributed by atoms with Gasteiger partial charge < -0.3 is 19.1 Å². The van der Waals surface area contributed by atoms with Gasteiger partial charge in [-0.1, -0.05) is 24.3 Å². The first kappa shape index (κ1) is 21.3. The predicted octanol–water partition coefficient (Wildman–Crippen LogP) is 3.77. The van der Waals surface area contributed by atoms with Crippen LogP contribution in [-0.2, 0) is 4.74 Å². The maximum absolute atomic E-state index is 12.1. The molecule has 0 spiro atoms. The topological polar surface area (TPSA) is 76.2 Å². The number of nitrogens with zero attached hydrogens (tertiary/aromatic N) is 3. The Balaban J connectivity index is 1.03. The van der Waals surface area contributed by atoms with Crippen LogP contribution in [0.5, 0.6) is 11.5 Å². The summed E-state index contributed by atoms with van der Waals surface area (Å²) >= 11 is 0. The van der Waals surface area contributed by atoms with E-state index in [1.165, 1.54) is 10.8 Å². The average molecular weight is 449 g/mol. The third-order valence-electron chi connectivity index (χ3n) is 5.96. The molecule has 2 aliphatic heterocycles. The Morgan fingerprint density at radius 2 is 1.82 bits per heavy atom. The van der Waals surface area contributed by atoms with E-state index in [1.807, 2.05) is 6.20 Å². The maximum Gasteiger partial charge on any atom is 0.411 e. The average Bonchev–Trinajstić information content (AvgIpc) is 2.87. The van der Waals surface area contributed by atoms with Crippen LogP contribution >= 0.6 is 0 Å². The normalized spacial score (nSPS) is 15.9. The number of anilines is 2. The largest absolute Gasteiger partial charge is 0.486 e. The highest BCUT2D eigenvalue weighted by atomic mass is 16.6. The van der Waals surface area contributed by atoms with E-state index < -0.39 is 6.09 Å². The molecule has 3 aromatic rings. The van der Waals surface area contributed by atoms with Gasteiger partial charge in [0.2, 0.25) is 0 Å². The molecule has 8 nitrogen and oxygen atoms in total. The van der Waals surface area contributed by atoms with Crippen molar-refractivity contribution in [3.8, 4) is 11.5 Å². The zero-order valence-electron chi connectivity index (χ0n) is 18.5. The van der Waals surface area contributed by atoms with Crippen LogP contribution in [0, 0.1) is 0 Å². The third-order valence-corrected chi connectivity index (χ3v) is 5.96. The fourth-order valence-corrected chi connectivity index (χ4v) is 4.27. The molecule has 33 heavy (non-hydrogen) atoms. The zero-order chi connectivity index (χ0) is 22.5. The van der Waals surface area contributed by atoms with E-state index in [0.29, 0.717) is 37.0 Å². The molecule has 0 bridgehead atoms. The van der Waals surface area contributed by atoms with Crippen molar-refractivity contribution in [2.75, 3.05) is 62.8 Å². The summed E-state index contributed by atoms with van der Waals surface area (Å²) in [5, 5.41) is 5.16. The van der Waals surface area contributed by atoms with Crippen molar-refractivity contribution in [2.45, 2.75) is 6.42 Å². The molecular formula is C25H28N4O4. The summed E-state index contributed by atoms with van der Waals surface area (Å²) < 4.78 is 16.4. The number of carbonyl (C=O) groups is 1. The van der Waals surface area contributed by atoms with Crippen LogP contribution in [0.3, 0.4) is 0 Å². The van der Waals surface area contributed by atoms with E-state index in [1.54, 1.807) is 18.2 Å². The molecule has 2 aromatic carbocycles. The van der Waals surface area contributed by atoms with Gasteiger partial charge >= 0.3 is 6.09 Å². The minimum atomic E-state index is -0.460. The number of pyridine rings is 1. The summed E-state index contributed by atoms with van der Waals surface area (Å²) in [6.07, 6.45) is 2.22. The highest BCUT2D eigenvalue weighted by Crippen LogP contribution is 2.32. The number of benzene rings is 2. The number of nitrogens with one attached hydrogen (secondary N) is 1. The molecule has 1 amide bonds. The van der Waals surface area contributed by atoms with Crippen LogP contribution < -0.4 is 19.7 Å². The second-order valence-electron chi connectivity index (χ2n) is 8.16. The lowest BCUT2D eigenvalue weighted by Crippen LogP contribution is -2.47. The van der Waals surface area contributed by atoms with Gasteiger partial charge in [-0.2, -0.15) is 0 Å². The minimum Gasteiger partial charge on any atom is -0.486 e. The number of hydrogen-bond acceptors (Lipinski definition) is 7. The van der Waals surface area contributed by atoms with Gasteiger partial charge in [-0.15, -0.1) is 0 Å². The number of fused-ring (bicyclic) bond motifs is 2. The molecule has 172 valence electrons. The van der Waals surface area contributed by atoms with Gasteiger partial charge in [0.05, 0.1) is 6.61 Å². The Hall–Kier alpha value is -3.52. The highest BCUT2D eigenvalue weighted by molar-refractivity contribution is 5.92. The maximum atomic E-state index is 12.1. The fraction of sp³-hybridized carbons (Fsp3) is 0.360. The molecule has 1 N–H and O–H groups in total. The van der Waals surface area contributed by atoms with Crippen LogP contribution in [0.2, 0.25) is 0 Å². The lowest BCUT2D eigenvalue weighted by Gasteiger charge is -2.35. The second-order valence-corrected chi connectivity index (χ2v) is 8.16. The standard InChI is InChI=1S/C25H28N4O4/c30-25(27-20-6-7-22-23(18-20)32-17-16-31-22)33-15-3-10-28-11-13-29(14-12-28)24-21-5-2-1-4-19(21)8-9-26-24/h1-2,4-9,18H,3,10-17H2,(H,27,30). The second kappa shape index (κ2) is 9.95. The molecule has 8 heteroatoms. The highest BCUT2D eigenvalue weighted by Gasteiger charge is 2.19. The molecule has 0 saturated carbocycles. The summed E-state index contributed by atoms with van der Waals surface area (Å²) in [6, 6.07) is 15.8. The van der Waals surface area contributed by atoms with Gasteiger partial charge in [0, 0.05) is 56.1 Å². The number of carbonyl (C=O) groups excluding carboxylic acids is 1. The summed E-state index contributed by atoms with van der Waals surface area (Å²) in [5.41, 5.74) is 0.627. The van der Waals surface area contributed by atoms with Crippen molar-refractivity contribution in [3.05, 3.63) is 54.7 Å². The van der Waals surface area contributed by atoms with E-state index in [4.69, 9.17) is 14.2 Å². The molecule has 1 saturated heterocycles. The van der Waals surface area contributed by atoms with E-state index in [-0.39, 0.29) is 0 Å². The number of piperazine rings is 1. The number of amides is 1. The van der Waals surface area contributed by atoms with E-state index in [9.17, 15) is 4.79 Å². The molecule has 0 unspecified atom stereocenters. The van der Waals surface area contributed by atoms with Crippen molar-refractivity contribution in [2.24, 2.45) is 0 Å². The molecule has 1 fully saturated rings. The summed E-state index contributed by atoms with van der Waals surface area (Å²) in [7, 11) is 0. The van der Waals surface area contributed by atoms with Gasteiger partial charge in [0.25, 0.3) is 0 Å². The van der Waals surface area contributed by atoms with Gasteiger partial charge in [-0.05, 0) is 30.0 Å². The first-order valence-corrected chi connectivity index (χ1v) is 11.4. The molecule has 1 aromatic heterocycles. The minimum absolute atomic E-state index is 0.376. The number of hydrogen-bond donors (Lipinski definition) is 1. The Morgan fingerprint density at radius 3 is 2.70 bits per heavy atom. The van der Waals surface area contributed by atoms with Gasteiger partial charge in [-0.3, -0.25) is 10.2 Å². The van der Waals surface area contributed by atoms with Crippen molar-refractivity contribution in [1.29, 1.82) is 0 Å². The zero-order valence-corrected chi connectivity index (χ0v) is 18.5. The van der Waals surface area contributed by atoms with E-state index >= 15 is 0 Å². The monoisotopic (exact) mass is 448 g/mol. The van der Waals surface area contributed by atoms with Crippen molar-refractivity contribution in [3.63, 3.8) is 0 Å². The summed E-state index contributed by atoms with van der Waals surface area (Å²) in [4.78, 5) is 21.5. The number of ether oxygens (including phenoxy) is 3. The van der Waals surface area contributed by atoms with Crippen molar-refractivity contribution < 1.29 is 19.0 Å². The summed E-state index contributed by atoms with van der Waals surface area (Å²) in [6.45, 7) is 6.13. The van der Waals surface area contributed by atoms with Crippen molar-refractivity contribution >= 4 is 28.4 Å². The van der Waals surface area contributed by atoms with Gasteiger partial charge in [-0.25, -0.2) is 9.78 Å². The first-order valence-electron chi connectivity index (χ1n) is 11.4. The van der Waals surface area contributed by atoms with Crippen LogP contribution in [0.4, 0.5) is 16.3 Å². The molecule has 0 aliphatic carbocycles. The van der Waals surface area contributed by atoms with E-state index in [2.05, 4.69) is 50.4 Å². The van der Waals surface area contributed by atoms with Crippen LogP contribution in [0.25, 0.3) is 10.8 Å². The molecule has 2 aliphatic rings. The Morgan fingerprint density at radius 1 is 1.00 bits per heavy atom. The Bertz CT molecular complexity index is 1110. The number of aromatic nitrogens is 1. The van der Waals surface area contributed by atoms with Gasteiger partial charge in [0.15, 0.2) is 11.5 Å². The van der Waals surface area contributed by atoms with Crippen LogP contribution in [0.1, 0.15) is 6.42 Å². The molecule has 0 radical (unpaired) electrons. The van der Waals surface area contributed by atoms with Crippen molar-refractivity contribution in [1.82, 2.24) is 9.88 Å². The third kappa shape index (κ3) is 5.12. The Labute approximate surface area is 193 Å². The predicted molar refractivity (Wildman–Crippen MR) is 127 cm³/mol. The SMILES string of the molecule is O=C(Nc1ccc2c(c1)OCCO2)OCCCN1CCN(c2nccc3ccccc23)CC1. The summed E-state index contributed by atoms with van der Waals surface area (Å²) in [5.74, 6) is 2.39. The smallest absolute Gasteiger partial charge is 0.411 e. The fourth-order valence-electron chi connectivity index (χ4n) is 4.27. The number of rotatable bonds is 6. The Kier molecular flexibility index (Phi) is 6.44. The van der Waals surface area contributed by atoms with Crippen LogP contribution in [-0.4, -0.2) is 68.5 Å². The lowest BCUT2D eigenvalue weighted by atomic mass is 10.1. The molecule has 5 rings (SSSR count).